The van der Waals surface area contributed by atoms with E-state index in [1.165, 1.54) is 25.7 Å². The van der Waals surface area contributed by atoms with Crippen LogP contribution in [-0.4, -0.2) is 35.3 Å². The number of hydrogen-bond acceptors (Lipinski definition) is 7. The molecule has 2 atom stereocenters. The number of rotatable bonds is 6. The predicted molar refractivity (Wildman–Crippen MR) is 137 cm³/mol. The van der Waals surface area contributed by atoms with E-state index in [1.54, 1.807) is 6.20 Å². The van der Waals surface area contributed by atoms with Crippen molar-refractivity contribution < 1.29 is 0 Å². The van der Waals surface area contributed by atoms with Gasteiger partial charge in [-0.3, -0.25) is 0 Å². The molecule has 2 saturated carbocycles. The molecule has 0 aliphatic heterocycles. The van der Waals surface area contributed by atoms with Gasteiger partial charge in [0, 0.05) is 36.9 Å². The Morgan fingerprint density at radius 3 is 2.46 bits per heavy atom. The maximum absolute atomic E-state index is 6.61. The lowest BCUT2D eigenvalue weighted by Gasteiger charge is -2.29. The largest absolute Gasteiger partial charge is 0.368 e. The molecule has 0 radical (unpaired) electrons. The minimum absolute atomic E-state index is 0.135. The third kappa shape index (κ3) is 4.25. The van der Waals surface area contributed by atoms with Crippen LogP contribution >= 0.6 is 0 Å². The Kier molecular flexibility index (Phi) is 5.85. The van der Waals surface area contributed by atoms with E-state index in [-0.39, 0.29) is 17.9 Å². The Labute approximate surface area is 205 Å². The number of nitrogens with zero attached hydrogens (tertiary/aromatic N) is 6. The van der Waals surface area contributed by atoms with Gasteiger partial charge in [-0.1, -0.05) is 37.8 Å². The first-order chi connectivity index (χ1) is 17.2. The van der Waals surface area contributed by atoms with Crippen LogP contribution in [0.25, 0.3) is 16.9 Å². The number of benzene rings is 1. The molecule has 0 spiro atoms. The maximum Gasteiger partial charge on any atom is 0.224 e. The van der Waals surface area contributed by atoms with Crippen LogP contribution in [0.3, 0.4) is 0 Å². The van der Waals surface area contributed by atoms with Crippen LogP contribution in [0.5, 0.6) is 0 Å². The second kappa shape index (κ2) is 9.30. The number of anilines is 2. The van der Waals surface area contributed by atoms with Crippen molar-refractivity contribution in [2.75, 3.05) is 11.1 Å². The van der Waals surface area contributed by atoms with Gasteiger partial charge < -0.3 is 21.4 Å². The lowest BCUT2D eigenvalue weighted by atomic mass is 9.84. The molecule has 1 aromatic carbocycles. The Morgan fingerprint density at radius 2 is 1.71 bits per heavy atom. The molecule has 0 amide bonds. The molecule has 4 aromatic rings. The van der Waals surface area contributed by atoms with Crippen molar-refractivity contribution >= 4 is 22.9 Å². The highest BCUT2D eigenvalue weighted by Gasteiger charge is 2.33. The van der Waals surface area contributed by atoms with Crippen LogP contribution in [0, 0.1) is 0 Å². The van der Waals surface area contributed by atoms with E-state index in [9.17, 15) is 0 Å². The standard InChI is InChI=1S/C26H33N9/c27-21-9-4-3-8-20(21)24-31-22-23(32-26(28)33-25(22)35(24)19-6-1-2-7-19)29-16-17-10-12-18(13-11-17)34-15-5-14-30-34/h5,10-15,19-21H,1-4,6-9,16,27H2,(H3,28,29,32,33). The zero-order valence-electron chi connectivity index (χ0n) is 20.0. The summed E-state index contributed by atoms with van der Waals surface area (Å²) in [6, 6.07) is 10.8. The molecule has 0 saturated heterocycles. The first-order valence-electron chi connectivity index (χ1n) is 12.8. The van der Waals surface area contributed by atoms with Gasteiger partial charge in [0.1, 0.15) is 5.82 Å². The topological polar surface area (TPSA) is 125 Å². The van der Waals surface area contributed by atoms with Crippen LogP contribution < -0.4 is 16.8 Å². The molecule has 0 bridgehead atoms. The highest BCUT2D eigenvalue weighted by Crippen LogP contribution is 2.40. The van der Waals surface area contributed by atoms with Crippen molar-refractivity contribution in [2.45, 2.75) is 75.9 Å². The maximum atomic E-state index is 6.61. The van der Waals surface area contributed by atoms with Gasteiger partial charge in [0.15, 0.2) is 17.0 Å². The highest BCUT2D eigenvalue weighted by molar-refractivity contribution is 5.85. The van der Waals surface area contributed by atoms with E-state index >= 15 is 0 Å². The molecule has 2 unspecified atom stereocenters. The highest BCUT2D eigenvalue weighted by atomic mass is 15.3. The summed E-state index contributed by atoms with van der Waals surface area (Å²) in [5.41, 5.74) is 16.6. The van der Waals surface area contributed by atoms with Gasteiger partial charge in [0.05, 0.1) is 5.69 Å². The number of nitrogen functional groups attached to an aromatic ring is 1. The lowest BCUT2D eigenvalue weighted by Crippen LogP contribution is -2.33. The van der Waals surface area contributed by atoms with Crippen LogP contribution in [0.1, 0.15) is 74.7 Å². The Morgan fingerprint density at radius 1 is 0.943 bits per heavy atom. The van der Waals surface area contributed by atoms with Crippen LogP contribution in [0.15, 0.2) is 42.7 Å². The van der Waals surface area contributed by atoms with E-state index < -0.39 is 0 Å². The molecule has 2 aliphatic rings. The van der Waals surface area contributed by atoms with E-state index in [0.29, 0.717) is 18.4 Å². The van der Waals surface area contributed by atoms with Crippen molar-refractivity contribution in [2.24, 2.45) is 5.73 Å². The SMILES string of the molecule is Nc1nc(NCc2ccc(-n3cccn3)cc2)c2nc(C3CCCCC3N)n(C3CCCC3)c2n1. The molecule has 2 aliphatic carbocycles. The zero-order valence-corrected chi connectivity index (χ0v) is 20.0. The average Bonchev–Trinajstić information content (AvgIpc) is 3.64. The fraction of sp³-hybridized carbons (Fsp3) is 0.462. The molecule has 35 heavy (non-hydrogen) atoms. The molecule has 2 fully saturated rings. The number of aromatic nitrogens is 6. The van der Waals surface area contributed by atoms with Gasteiger partial charge in [-0.25, -0.2) is 9.67 Å². The van der Waals surface area contributed by atoms with Gasteiger partial charge >= 0.3 is 0 Å². The lowest BCUT2D eigenvalue weighted by molar-refractivity contribution is 0.354. The van der Waals surface area contributed by atoms with E-state index in [0.717, 1.165) is 53.9 Å². The molecule has 5 N–H and O–H groups in total. The molecular formula is C26H33N9. The third-order valence-corrected chi connectivity index (χ3v) is 7.59. The number of nitrogens with one attached hydrogen (secondary N) is 1. The first-order valence-corrected chi connectivity index (χ1v) is 12.8. The number of imidazole rings is 1. The Hall–Kier alpha value is -3.46. The Balaban J connectivity index is 1.34. The van der Waals surface area contributed by atoms with Crippen molar-refractivity contribution in [3.8, 4) is 5.69 Å². The second-order valence-electron chi connectivity index (χ2n) is 9.91. The van der Waals surface area contributed by atoms with Crippen molar-refractivity contribution in [3.63, 3.8) is 0 Å². The molecule has 3 heterocycles. The number of hydrogen-bond donors (Lipinski definition) is 3. The average molecular weight is 472 g/mol. The normalized spacial score (nSPS) is 21.1. The molecule has 9 nitrogen and oxygen atoms in total. The molecule has 9 heteroatoms. The second-order valence-corrected chi connectivity index (χ2v) is 9.91. The van der Waals surface area contributed by atoms with E-state index in [4.69, 9.17) is 21.4 Å². The number of fused-ring (bicyclic) bond motifs is 1. The summed E-state index contributed by atoms with van der Waals surface area (Å²) in [4.78, 5) is 14.4. The van der Waals surface area contributed by atoms with E-state index in [1.807, 2.05) is 16.9 Å². The summed E-state index contributed by atoms with van der Waals surface area (Å²) in [6.45, 7) is 0.611. The summed E-state index contributed by atoms with van der Waals surface area (Å²) in [7, 11) is 0. The molecule has 182 valence electrons. The summed E-state index contributed by atoms with van der Waals surface area (Å²) in [5.74, 6) is 2.28. The summed E-state index contributed by atoms with van der Waals surface area (Å²) < 4.78 is 4.21. The third-order valence-electron chi connectivity index (χ3n) is 7.59. The van der Waals surface area contributed by atoms with Gasteiger partial charge in [0.2, 0.25) is 5.95 Å². The Bertz CT molecular complexity index is 1290. The fourth-order valence-corrected chi connectivity index (χ4v) is 5.77. The van der Waals surface area contributed by atoms with Crippen molar-refractivity contribution in [3.05, 3.63) is 54.1 Å². The van der Waals surface area contributed by atoms with Crippen molar-refractivity contribution in [1.82, 2.24) is 29.3 Å². The summed E-state index contributed by atoms with van der Waals surface area (Å²) in [5, 5.41) is 7.77. The van der Waals surface area contributed by atoms with Gasteiger partial charge in [-0.05, 0) is 49.4 Å². The van der Waals surface area contributed by atoms with E-state index in [2.05, 4.69) is 44.2 Å². The minimum Gasteiger partial charge on any atom is -0.368 e. The van der Waals surface area contributed by atoms with Crippen molar-refractivity contribution in [1.29, 1.82) is 0 Å². The van der Waals surface area contributed by atoms with Gasteiger partial charge in [0.25, 0.3) is 0 Å². The predicted octanol–water partition coefficient (Wildman–Crippen LogP) is 4.31. The van der Waals surface area contributed by atoms with Gasteiger partial charge in [-0.15, -0.1) is 0 Å². The van der Waals surface area contributed by atoms with Gasteiger partial charge in [-0.2, -0.15) is 15.1 Å². The molecule has 3 aromatic heterocycles. The van der Waals surface area contributed by atoms with Crippen LogP contribution in [-0.2, 0) is 6.54 Å². The molecule has 6 rings (SSSR count). The summed E-state index contributed by atoms with van der Waals surface area (Å²) in [6.07, 6.45) is 13.0. The summed E-state index contributed by atoms with van der Waals surface area (Å²) >= 11 is 0. The minimum atomic E-state index is 0.135. The number of nitrogens with two attached hydrogens (primary N) is 2. The quantitative estimate of drug-likeness (QED) is 0.383. The molecular weight excluding hydrogens is 438 g/mol. The fourth-order valence-electron chi connectivity index (χ4n) is 5.77. The monoisotopic (exact) mass is 471 g/mol. The van der Waals surface area contributed by atoms with Crippen LogP contribution in [0.2, 0.25) is 0 Å². The smallest absolute Gasteiger partial charge is 0.224 e. The first kappa shape index (κ1) is 22.0. The van der Waals surface area contributed by atoms with Crippen LogP contribution in [0.4, 0.5) is 11.8 Å². The zero-order chi connectivity index (χ0) is 23.8.